The molecule has 1 aromatic carbocycles. The number of urea groups is 1. The Balaban J connectivity index is 2.72. The van der Waals surface area contributed by atoms with Crippen LogP contribution in [0.25, 0.3) is 0 Å². The number of esters is 1. The van der Waals surface area contributed by atoms with Crippen LogP contribution in [0.5, 0.6) is 0 Å². The van der Waals surface area contributed by atoms with Crippen LogP contribution in [0, 0.1) is 5.92 Å². The lowest BCUT2D eigenvalue weighted by molar-refractivity contribution is -0.385. The number of benzene rings is 1. The highest BCUT2D eigenvalue weighted by atomic mass is 19.4. The summed E-state index contributed by atoms with van der Waals surface area (Å²) >= 11 is 0. The highest BCUT2D eigenvalue weighted by Gasteiger charge is 2.84. The Morgan fingerprint density at radius 3 is 2.19 bits per heavy atom. The van der Waals surface area contributed by atoms with Crippen LogP contribution in [0.3, 0.4) is 0 Å². The molecule has 2 rings (SSSR count). The number of halogens is 8. The average molecular weight is 464 g/mol. The van der Waals surface area contributed by atoms with Gasteiger partial charge in [0.25, 0.3) is 0 Å². The molecule has 1 aliphatic rings. The van der Waals surface area contributed by atoms with E-state index in [1.165, 1.54) is 25.1 Å². The van der Waals surface area contributed by atoms with Crippen molar-refractivity contribution in [3.8, 4) is 0 Å². The molecule has 3 unspecified atom stereocenters. The highest BCUT2D eigenvalue weighted by Crippen LogP contribution is 2.55. The Morgan fingerprint density at radius 1 is 1.16 bits per heavy atom. The Hall–Kier alpha value is -2.64. The maximum absolute atomic E-state index is 14.8. The van der Waals surface area contributed by atoms with E-state index in [0.29, 0.717) is 0 Å². The van der Waals surface area contributed by atoms with Crippen LogP contribution in [0.15, 0.2) is 30.3 Å². The summed E-state index contributed by atoms with van der Waals surface area (Å²) in [4.78, 5) is 24.3. The molecule has 3 N–H and O–H groups in total. The molecule has 1 aliphatic heterocycles. The fourth-order valence-electron chi connectivity index (χ4n) is 3.09. The lowest BCUT2D eigenvalue weighted by atomic mass is 9.76. The summed E-state index contributed by atoms with van der Waals surface area (Å²) in [6, 6.07) is 2.57. The molecule has 3 atom stereocenters. The van der Waals surface area contributed by atoms with Crippen LogP contribution in [-0.4, -0.2) is 53.6 Å². The Morgan fingerprint density at radius 2 is 1.71 bits per heavy atom. The zero-order chi connectivity index (χ0) is 23.8. The maximum atomic E-state index is 14.8. The number of carbonyl (C=O) groups is 2. The van der Waals surface area contributed by atoms with E-state index in [9.17, 15) is 49.8 Å². The molecule has 6 nitrogen and oxygen atoms in total. The molecule has 0 saturated carbocycles. The summed E-state index contributed by atoms with van der Waals surface area (Å²) in [5.41, 5.74) is -4.92. The summed E-state index contributed by atoms with van der Waals surface area (Å²) in [6.45, 7) is 0.664. The van der Waals surface area contributed by atoms with Crippen molar-refractivity contribution in [2.24, 2.45) is 5.92 Å². The molecule has 0 spiro atoms. The number of alkyl halides is 8. The monoisotopic (exact) mass is 464 g/mol. The first-order valence-electron chi connectivity index (χ1n) is 8.59. The van der Waals surface area contributed by atoms with E-state index in [4.69, 9.17) is 0 Å². The van der Waals surface area contributed by atoms with Crippen molar-refractivity contribution in [3.05, 3.63) is 35.9 Å². The van der Waals surface area contributed by atoms with Gasteiger partial charge in [0.2, 0.25) is 5.72 Å². The van der Waals surface area contributed by atoms with Crippen molar-refractivity contribution < 1.29 is 54.6 Å². The summed E-state index contributed by atoms with van der Waals surface area (Å²) in [5, 5.41) is 13.3. The molecule has 31 heavy (non-hydrogen) atoms. The number of carbonyl (C=O) groups excluding carboxylic acids is 2. The van der Waals surface area contributed by atoms with Gasteiger partial charge in [-0.05, 0) is 12.5 Å². The van der Waals surface area contributed by atoms with E-state index in [2.05, 4.69) is 4.74 Å². The number of aliphatic hydroxyl groups is 1. The van der Waals surface area contributed by atoms with Crippen LogP contribution in [0.4, 0.5) is 39.9 Å². The van der Waals surface area contributed by atoms with Gasteiger partial charge in [-0.25, -0.2) is 13.6 Å². The van der Waals surface area contributed by atoms with Gasteiger partial charge in [-0.1, -0.05) is 30.3 Å². The second kappa shape index (κ2) is 8.13. The molecule has 2 amide bonds. The van der Waals surface area contributed by atoms with Crippen LogP contribution in [0.2, 0.25) is 0 Å². The standard InChI is InChI=1S/C17H16F8N2O4/c1-2-31-11(28)9-10(8-6-4-3-5-7-8)26-13(29)27-15(9,30)17(24,25)16(22,23)14(20,21)12(18)19/h3-7,9-10,12,30H,2H2,1H3,(H2,26,27,29). The number of hydrogen-bond donors (Lipinski definition) is 3. The average Bonchev–Trinajstić information content (AvgIpc) is 2.67. The first-order chi connectivity index (χ1) is 14.1. The van der Waals surface area contributed by atoms with E-state index in [-0.39, 0.29) is 5.56 Å². The van der Waals surface area contributed by atoms with Gasteiger partial charge in [0.05, 0.1) is 12.6 Å². The molecule has 1 heterocycles. The Labute approximate surface area is 169 Å². The zero-order valence-corrected chi connectivity index (χ0v) is 15.5. The highest BCUT2D eigenvalue weighted by molar-refractivity contribution is 5.83. The largest absolute Gasteiger partial charge is 0.466 e. The van der Waals surface area contributed by atoms with E-state index >= 15 is 0 Å². The topological polar surface area (TPSA) is 87.7 Å². The molecule has 14 heteroatoms. The minimum atomic E-state index is -6.90. The maximum Gasteiger partial charge on any atom is 0.382 e. The van der Waals surface area contributed by atoms with Crippen molar-refractivity contribution in [2.45, 2.75) is 42.9 Å². The van der Waals surface area contributed by atoms with Crippen LogP contribution in [0.1, 0.15) is 18.5 Å². The summed E-state index contributed by atoms with van der Waals surface area (Å²) in [7, 11) is 0. The van der Waals surface area contributed by atoms with Gasteiger partial charge < -0.3 is 20.5 Å². The lowest BCUT2D eigenvalue weighted by Crippen LogP contribution is -2.79. The molecule has 0 aromatic heterocycles. The molecule has 0 bridgehead atoms. The smallest absolute Gasteiger partial charge is 0.382 e. The van der Waals surface area contributed by atoms with Crippen LogP contribution >= 0.6 is 0 Å². The van der Waals surface area contributed by atoms with Crippen molar-refractivity contribution >= 4 is 12.0 Å². The van der Waals surface area contributed by atoms with Crippen LogP contribution in [-0.2, 0) is 9.53 Å². The summed E-state index contributed by atoms with van der Waals surface area (Å²) in [5.74, 6) is -24.6. The predicted molar refractivity (Wildman–Crippen MR) is 86.8 cm³/mol. The van der Waals surface area contributed by atoms with Gasteiger partial charge in [-0.3, -0.25) is 4.79 Å². The third kappa shape index (κ3) is 3.77. The van der Waals surface area contributed by atoms with Crippen LogP contribution < -0.4 is 10.6 Å². The fourth-order valence-corrected chi connectivity index (χ4v) is 3.09. The van der Waals surface area contributed by atoms with Gasteiger partial charge in [0.1, 0.15) is 5.92 Å². The van der Waals surface area contributed by atoms with Gasteiger partial charge in [-0.2, -0.15) is 26.3 Å². The molecule has 1 saturated heterocycles. The number of amides is 2. The third-order valence-corrected chi connectivity index (χ3v) is 4.64. The van der Waals surface area contributed by atoms with Gasteiger partial charge in [-0.15, -0.1) is 0 Å². The minimum Gasteiger partial charge on any atom is -0.466 e. The van der Waals surface area contributed by atoms with E-state index in [0.717, 1.165) is 17.4 Å². The van der Waals surface area contributed by atoms with Crippen molar-refractivity contribution in [1.29, 1.82) is 0 Å². The van der Waals surface area contributed by atoms with Crippen molar-refractivity contribution in [1.82, 2.24) is 10.6 Å². The quantitative estimate of drug-likeness (QED) is 0.428. The normalized spacial score (nSPS) is 25.1. The van der Waals surface area contributed by atoms with Crippen molar-refractivity contribution in [3.63, 3.8) is 0 Å². The summed E-state index contributed by atoms with van der Waals surface area (Å²) < 4.78 is 114. The molecule has 174 valence electrons. The fraction of sp³-hybridized carbons (Fsp3) is 0.529. The summed E-state index contributed by atoms with van der Waals surface area (Å²) in [6.07, 6.45) is -5.26. The number of nitrogens with one attached hydrogen (secondary N) is 2. The van der Waals surface area contributed by atoms with Gasteiger partial charge >= 0.3 is 36.2 Å². The first-order valence-corrected chi connectivity index (χ1v) is 8.59. The van der Waals surface area contributed by atoms with E-state index < -0.39 is 60.5 Å². The first kappa shape index (κ1) is 24.6. The lowest BCUT2D eigenvalue weighted by Gasteiger charge is -2.49. The zero-order valence-electron chi connectivity index (χ0n) is 15.5. The number of hydrogen-bond acceptors (Lipinski definition) is 4. The Kier molecular flexibility index (Phi) is 6.46. The second-order valence-corrected chi connectivity index (χ2v) is 6.56. The molecular formula is C17H16F8N2O4. The predicted octanol–water partition coefficient (Wildman–Crippen LogP) is 3.08. The van der Waals surface area contributed by atoms with E-state index in [1.54, 1.807) is 0 Å². The second-order valence-electron chi connectivity index (χ2n) is 6.56. The Bertz CT molecular complexity index is 824. The van der Waals surface area contributed by atoms with Gasteiger partial charge in [0.15, 0.2) is 0 Å². The number of ether oxygens (including phenoxy) is 1. The van der Waals surface area contributed by atoms with E-state index in [1.807, 2.05) is 5.32 Å². The number of rotatable bonds is 7. The molecular weight excluding hydrogens is 448 g/mol. The molecule has 1 fully saturated rings. The van der Waals surface area contributed by atoms with Gasteiger partial charge in [0, 0.05) is 0 Å². The minimum absolute atomic E-state index is 0.173. The third-order valence-electron chi connectivity index (χ3n) is 4.64. The van der Waals surface area contributed by atoms with Crippen molar-refractivity contribution in [2.75, 3.05) is 6.61 Å². The molecule has 0 aliphatic carbocycles. The molecule has 1 aromatic rings. The molecule has 0 radical (unpaired) electrons. The SMILES string of the molecule is CCOC(=O)C1C(c2ccccc2)NC(=O)NC1(O)C(F)(F)C(F)(F)C(F)(F)C(F)F.